The third-order valence-electron chi connectivity index (χ3n) is 2.91. The number of benzene rings is 2. The van der Waals surface area contributed by atoms with Crippen molar-refractivity contribution in [3.05, 3.63) is 59.1 Å². The standard InChI is InChI=1S/C16H14ClF2NO2/c1-16(2,22-12-6-3-10(17)4-7-12)15(21)20-11-5-8-13(18)14(19)9-11/h3-9H,1-2H3,(H,20,21). The first kappa shape index (κ1) is 16.2. The van der Waals surface area contributed by atoms with Crippen molar-refractivity contribution in [2.45, 2.75) is 19.4 Å². The van der Waals surface area contributed by atoms with E-state index in [2.05, 4.69) is 5.32 Å². The van der Waals surface area contributed by atoms with Gasteiger partial charge in [0.1, 0.15) is 5.75 Å². The van der Waals surface area contributed by atoms with Gasteiger partial charge in [0.2, 0.25) is 0 Å². The molecule has 116 valence electrons. The normalized spacial score (nSPS) is 11.1. The summed E-state index contributed by atoms with van der Waals surface area (Å²) in [5, 5.41) is 3.04. The molecule has 2 aromatic carbocycles. The second-order valence-corrected chi connectivity index (χ2v) is 5.59. The predicted octanol–water partition coefficient (Wildman–Crippen LogP) is 4.41. The number of ether oxygens (including phenoxy) is 1. The molecule has 0 bridgehead atoms. The van der Waals surface area contributed by atoms with E-state index in [-0.39, 0.29) is 5.69 Å². The molecule has 0 saturated carbocycles. The van der Waals surface area contributed by atoms with Gasteiger partial charge in [-0.1, -0.05) is 11.6 Å². The minimum absolute atomic E-state index is 0.150. The van der Waals surface area contributed by atoms with Crippen molar-refractivity contribution in [2.75, 3.05) is 5.32 Å². The van der Waals surface area contributed by atoms with E-state index < -0.39 is 23.1 Å². The van der Waals surface area contributed by atoms with Crippen LogP contribution in [-0.2, 0) is 4.79 Å². The van der Waals surface area contributed by atoms with Crippen LogP contribution in [0.25, 0.3) is 0 Å². The molecule has 0 radical (unpaired) electrons. The number of amides is 1. The maximum atomic E-state index is 13.1. The fourth-order valence-corrected chi connectivity index (χ4v) is 1.83. The van der Waals surface area contributed by atoms with Crippen LogP contribution in [0.4, 0.5) is 14.5 Å². The number of rotatable bonds is 4. The molecule has 0 aliphatic carbocycles. The van der Waals surface area contributed by atoms with E-state index in [1.54, 1.807) is 38.1 Å². The van der Waals surface area contributed by atoms with E-state index in [0.717, 1.165) is 12.1 Å². The SMILES string of the molecule is CC(C)(Oc1ccc(Cl)cc1)C(=O)Nc1ccc(F)c(F)c1. The van der Waals surface area contributed by atoms with Gasteiger partial charge < -0.3 is 10.1 Å². The van der Waals surface area contributed by atoms with E-state index >= 15 is 0 Å². The minimum atomic E-state index is -1.21. The topological polar surface area (TPSA) is 38.3 Å². The van der Waals surface area contributed by atoms with Gasteiger partial charge in [-0.3, -0.25) is 4.79 Å². The molecule has 0 aromatic heterocycles. The van der Waals surface area contributed by atoms with Gasteiger partial charge in [0.15, 0.2) is 17.2 Å². The molecular weight excluding hydrogens is 312 g/mol. The molecule has 1 N–H and O–H groups in total. The van der Waals surface area contributed by atoms with Crippen molar-refractivity contribution >= 4 is 23.2 Å². The van der Waals surface area contributed by atoms with Gasteiger partial charge in [0, 0.05) is 16.8 Å². The molecule has 3 nitrogen and oxygen atoms in total. The maximum absolute atomic E-state index is 13.1. The number of halogens is 3. The van der Waals surface area contributed by atoms with Crippen molar-refractivity contribution in [3.63, 3.8) is 0 Å². The van der Waals surface area contributed by atoms with E-state index in [9.17, 15) is 13.6 Å². The van der Waals surface area contributed by atoms with Gasteiger partial charge in [-0.25, -0.2) is 8.78 Å². The summed E-state index contributed by atoms with van der Waals surface area (Å²) in [6.07, 6.45) is 0. The van der Waals surface area contributed by atoms with Crippen LogP contribution in [0, 0.1) is 11.6 Å². The van der Waals surface area contributed by atoms with Crippen LogP contribution in [0.3, 0.4) is 0 Å². The van der Waals surface area contributed by atoms with Gasteiger partial charge in [0.05, 0.1) is 0 Å². The Balaban J connectivity index is 2.09. The molecule has 0 unspecified atom stereocenters. The van der Waals surface area contributed by atoms with E-state index in [4.69, 9.17) is 16.3 Å². The van der Waals surface area contributed by atoms with Crippen LogP contribution in [0.2, 0.25) is 5.02 Å². The molecule has 0 saturated heterocycles. The molecule has 0 aliphatic heterocycles. The largest absolute Gasteiger partial charge is 0.478 e. The highest BCUT2D eigenvalue weighted by atomic mass is 35.5. The summed E-state index contributed by atoms with van der Waals surface area (Å²) in [6, 6.07) is 9.67. The summed E-state index contributed by atoms with van der Waals surface area (Å²) in [5.41, 5.74) is -1.06. The Morgan fingerprint density at radius 3 is 2.32 bits per heavy atom. The zero-order chi connectivity index (χ0) is 16.3. The van der Waals surface area contributed by atoms with Crippen molar-refractivity contribution in [2.24, 2.45) is 0 Å². The third kappa shape index (κ3) is 3.95. The predicted molar refractivity (Wildman–Crippen MR) is 81.1 cm³/mol. The van der Waals surface area contributed by atoms with Crippen LogP contribution in [0.15, 0.2) is 42.5 Å². The Morgan fingerprint density at radius 2 is 1.73 bits per heavy atom. The zero-order valence-corrected chi connectivity index (χ0v) is 12.7. The van der Waals surface area contributed by atoms with Crippen LogP contribution in [-0.4, -0.2) is 11.5 Å². The smallest absolute Gasteiger partial charge is 0.267 e. The lowest BCUT2D eigenvalue weighted by atomic mass is 10.1. The highest BCUT2D eigenvalue weighted by Gasteiger charge is 2.30. The number of carbonyl (C=O) groups is 1. The monoisotopic (exact) mass is 325 g/mol. The zero-order valence-electron chi connectivity index (χ0n) is 12.0. The first-order valence-electron chi connectivity index (χ1n) is 6.49. The molecule has 2 rings (SSSR count). The molecular formula is C16H14ClF2NO2. The number of hydrogen-bond acceptors (Lipinski definition) is 2. The number of nitrogens with one attached hydrogen (secondary N) is 1. The lowest BCUT2D eigenvalue weighted by Gasteiger charge is -2.25. The maximum Gasteiger partial charge on any atom is 0.267 e. The van der Waals surface area contributed by atoms with Crippen LogP contribution < -0.4 is 10.1 Å². The average Bonchev–Trinajstić information content (AvgIpc) is 2.45. The Morgan fingerprint density at radius 1 is 1.09 bits per heavy atom. The fraction of sp³-hybridized carbons (Fsp3) is 0.188. The summed E-state index contributed by atoms with van der Waals surface area (Å²) in [4.78, 5) is 12.2. The van der Waals surface area contributed by atoms with Gasteiger partial charge >= 0.3 is 0 Å². The first-order valence-corrected chi connectivity index (χ1v) is 6.87. The Bertz CT molecular complexity index is 687. The van der Waals surface area contributed by atoms with Crippen molar-refractivity contribution in [3.8, 4) is 5.75 Å². The fourth-order valence-electron chi connectivity index (χ4n) is 1.70. The minimum Gasteiger partial charge on any atom is -0.478 e. The van der Waals surface area contributed by atoms with E-state index in [1.165, 1.54) is 6.07 Å². The molecule has 0 heterocycles. The van der Waals surface area contributed by atoms with Gasteiger partial charge in [-0.05, 0) is 50.2 Å². The van der Waals surface area contributed by atoms with Gasteiger partial charge in [-0.15, -0.1) is 0 Å². The quantitative estimate of drug-likeness (QED) is 0.904. The van der Waals surface area contributed by atoms with E-state index in [1.807, 2.05) is 0 Å². The van der Waals surface area contributed by atoms with E-state index in [0.29, 0.717) is 10.8 Å². The summed E-state index contributed by atoms with van der Waals surface area (Å²) < 4.78 is 31.6. The Hall–Kier alpha value is -2.14. The lowest BCUT2D eigenvalue weighted by molar-refractivity contribution is -0.128. The summed E-state index contributed by atoms with van der Waals surface area (Å²) >= 11 is 5.78. The van der Waals surface area contributed by atoms with Crippen LogP contribution in [0.5, 0.6) is 5.75 Å². The summed E-state index contributed by atoms with van der Waals surface area (Å²) in [6.45, 7) is 3.13. The third-order valence-corrected chi connectivity index (χ3v) is 3.16. The molecule has 0 atom stereocenters. The summed E-state index contributed by atoms with van der Waals surface area (Å²) in [5.74, 6) is -2.04. The molecule has 0 aliphatic rings. The molecule has 22 heavy (non-hydrogen) atoms. The lowest BCUT2D eigenvalue weighted by Crippen LogP contribution is -2.42. The molecule has 2 aromatic rings. The molecule has 0 spiro atoms. The number of carbonyl (C=O) groups excluding carboxylic acids is 1. The second-order valence-electron chi connectivity index (χ2n) is 5.15. The van der Waals surface area contributed by atoms with Crippen LogP contribution >= 0.6 is 11.6 Å². The average molecular weight is 326 g/mol. The second kappa shape index (κ2) is 6.32. The number of anilines is 1. The molecule has 1 amide bonds. The Labute approximate surface area is 131 Å². The van der Waals surface area contributed by atoms with Crippen molar-refractivity contribution in [1.29, 1.82) is 0 Å². The molecule has 0 fully saturated rings. The highest BCUT2D eigenvalue weighted by Crippen LogP contribution is 2.22. The van der Waals surface area contributed by atoms with Gasteiger partial charge in [-0.2, -0.15) is 0 Å². The van der Waals surface area contributed by atoms with Crippen molar-refractivity contribution in [1.82, 2.24) is 0 Å². The van der Waals surface area contributed by atoms with Crippen LogP contribution in [0.1, 0.15) is 13.8 Å². The first-order chi connectivity index (χ1) is 10.3. The number of hydrogen-bond donors (Lipinski definition) is 1. The summed E-state index contributed by atoms with van der Waals surface area (Å²) in [7, 11) is 0. The Kier molecular flexibility index (Phi) is 4.66. The highest BCUT2D eigenvalue weighted by molar-refractivity contribution is 6.30. The van der Waals surface area contributed by atoms with Crippen molar-refractivity contribution < 1.29 is 18.3 Å². The van der Waals surface area contributed by atoms with Gasteiger partial charge in [0.25, 0.3) is 5.91 Å². The molecule has 6 heteroatoms.